The van der Waals surface area contributed by atoms with Crippen molar-refractivity contribution in [3.05, 3.63) is 18.2 Å². The quantitative estimate of drug-likeness (QED) is 0.543. The van der Waals surface area contributed by atoms with Crippen molar-refractivity contribution in [2.75, 3.05) is 16.4 Å². The minimum absolute atomic E-state index is 0.0457. The predicted molar refractivity (Wildman–Crippen MR) is 57.2 cm³/mol. The molecule has 2 rings (SSSR count). The molecule has 4 N–H and O–H groups in total. The molecule has 4 heteroatoms. The van der Waals surface area contributed by atoms with Crippen LogP contribution >= 0.6 is 0 Å². The Bertz CT molecular complexity index is 398. The van der Waals surface area contributed by atoms with Crippen molar-refractivity contribution in [1.29, 1.82) is 0 Å². The average molecular weight is 191 g/mol. The summed E-state index contributed by atoms with van der Waals surface area (Å²) in [6.45, 7) is 3.67. The van der Waals surface area contributed by atoms with Crippen LogP contribution < -0.4 is 16.4 Å². The van der Waals surface area contributed by atoms with Gasteiger partial charge in [0, 0.05) is 5.69 Å². The standard InChI is InChI=1S/C10H13N3O/c1-10(2)9(14)12-8-5-6(11)3-4-7(8)13-10/h3-5,13H,11H2,1-2H3,(H,12,14). The Labute approximate surface area is 82.5 Å². The fourth-order valence-electron chi connectivity index (χ4n) is 1.45. The van der Waals surface area contributed by atoms with Gasteiger partial charge in [0.1, 0.15) is 5.54 Å². The third-order valence-electron chi connectivity index (χ3n) is 2.31. The molecule has 0 bridgehead atoms. The molecule has 1 aromatic rings. The molecule has 1 aliphatic rings. The van der Waals surface area contributed by atoms with Gasteiger partial charge in [-0.25, -0.2) is 0 Å². The van der Waals surface area contributed by atoms with Gasteiger partial charge in [-0.15, -0.1) is 0 Å². The van der Waals surface area contributed by atoms with Crippen molar-refractivity contribution in [3.8, 4) is 0 Å². The number of hydrogen-bond donors (Lipinski definition) is 3. The van der Waals surface area contributed by atoms with E-state index in [1.165, 1.54) is 0 Å². The zero-order valence-corrected chi connectivity index (χ0v) is 8.22. The molecule has 0 radical (unpaired) electrons. The molecular weight excluding hydrogens is 178 g/mol. The summed E-state index contributed by atoms with van der Waals surface area (Å²) in [7, 11) is 0. The van der Waals surface area contributed by atoms with Gasteiger partial charge in [-0.3, -0.25) is 4.79 Å². The van der Waals surface area contributed by atoms with Crippen molar-refractivity contribution in [2.24, 2.45) is 0 Å². The monoisotopic (exact) mass is 191 g/mol. The third kappa shape index (κ3) is 1.28. The highest BCUT2D eigenvalue weighted by Crippen LogP contribution is 2.31. The van der Waals surface area contributed by atoms with E-state index in [-0.39, 0.29) is 5.91 Å². The number of fused-ring (bicyclic) bond motifs is 1. The number of carbonyl (C=O) groups excluding carboxylic acids is 1. The topological polar surface area (TPSA) is 67.2 Å². The number of anilines is 3. The van der Waals surface area contributed by atoms with E-state index in [1.54, 1.807) is 12.1 Å². The minimum atomic E-state index is -0.566. The molecule has 0 saturated carbocycles. The summed E-state index contributed by atoms with van der Waals surface area (Å²) in [5, 5.41) is 5.96. The van der Waals surface area contributed by atoms with E-state index in [0.717, 1.165) is 11.4 Å². The maximum atomic E-state index is 11.6. The van der Waals surface area contributed by atoms with Crippen LogP contribution in [0.25, 0.3) is 0 Å². The Kier molecular flexibility index (Phi) is 1.67. The SMILES string of the molecule is CC1(C)Nc2ccc(N)cc2NC1=O. The number of nitrogens with two attached hydrogens (primary N) is 1. The lowest BCUT2D eigenvalue weighted by Crippen LogP contribution is -2.47. The fourth-order valence-corrected chi connectivity index (χ4v) is 1.45. The van der Waals surface area contributed by atoms with Gasteiger partial charge in [-0.05, 0) is 32.0 Å². The molecule has 0 spiro atoms. The minimum Gasteiger partial charge on any atom is -0.399 e. The van der Waals surface area contributed by atoms with Crippen molar-refractivity contribution >= 4 is 23.0 Å². The average Bonchev–Trinajstić information content (AvgIpc) is 2.08. The normalized spacial score (nSPS) is 18.0. The molecule has 1 heterocycles. The molecule has 74 valence electrons. The van der Waals surface area contributed by atoms with Gasteiger partial charge in [0.05, 0.1) is 11.4 Å². The van der Waals surface area contributed by atoms with Gasteiger partial charge in [0.15, 0.2) is 0 Å². The van der Waals surface area contributed by atoms with Gasteiger partial charge in [-0.1, -0.05) is 0 Å². The molecule has 4 nitrogen and oxygen atoms in total. The first kappa shape index (κ1) is 8.87. The van der Waals surface area contributed by atoms with Crippen LogP contribution in [0.4, 0.5) is 17.1 Å². The van der Waals surface area contributed by atoms with E-state index in [2.05, 4.69) is 10.6 Å². The van der Waals surface area contributed by atoms with Crippen molar-refractivity contribution in [1.82, 2.24) is 0 Å². The van der Waals surface area contributed by atoms with E-state index in [1.807, 2.05) is 19.9 Å². The summed E-state index contributed by atoms with van der Waals surface area (Å²) in [6.07, 6.45) is 0. The maximum Gasteiger partial charge on any atom is 0.249 e. The number of nitrogens with one attached hydrogen (secondary N) is 2. The second-order valence-corrected chi connectivity index (χ2v) is 4.01. The summed E-state index contributed by atoms with van der Waals surface area (Å²) in [5.74, 6) is -0.0457. The highest BCUT2D eigenvalue weighted by molar-refractivity contribution is 6.05. The van der Waals surface area contributed by atoms with E-state index in [4.69, 9.17) is 5.73 Å². The number of hydrogen-bond acceptors (Lipinski definition) is 3. The lowest BCUT2D eigenvalue weighted by Gasteiger charge is -2.32. The van der Waals surface area contributed by atoms with Gasteiger partial charge >= 0.3 is 0 Å². The fraction of sp³-hybridized carbons (Fsp3) is 0.300. The number of carbonyl (C=O) groups is 1. The lowest BCUT2D eigenvalue weighted by atomic mass is 10.00. The molecule has 0 aromatic heterocycles. The van der Waals surface area contributed by atoms with Crippen LogP contribution in [0.15, 0.2) is 18.2 Å². The molecule has 0 unspecified atom stereocenters. The Morgan fingerprint density at radius 2 is 2.00 bits per heavy atom. The first-order valence-electron chi connectivity index (χ1n) is 4.48. The van der Waals surface area contributed by atoms with E-state index < -0.39 is 5.54 Å². The van der Waals surface area contributed by atoms with Crippen LogP contribution in [0.3, 0.4) is 0 Å². The molecule has 1 aromatic carbocycles. The van der Waals surface area contributed by atoms with E-state index in [9.17, 15) is 4.79 Å². The van der Waals surface area contributed by atoms with Crippen LogP contribution in [0.5, 0.6) is 0 Å². The zero-order valence-electron chi connectivity index (χ0n) is 8.22. The smallest absolute Gasteiger partial charge is 0.249 e. The summed E-state index contributed by atoms with van der Waals surface area (Å²) in [5.41, 5.74) is 7.34. The summed E-state index contributed by atoms with van der Waals surface area (Å²) in [6, 6.07) is 5.42. The van der Waals surface area contributed by atoms with Gasteiger partial charge in [0.25, 0.3) is 0 Å². The van der Waals surface area contributed by atoms with Gasteiger partial charge in [0.2, 0.25) is 5.91 Å². The number of rotatable bonds is 0. The van der Waals surface area contributed by atoms with Crippen LogP contribution in [-0.2, 0) is 4.79 Å². The summed E-state index contributed by atoms with van der Waals surface area (Å²) in [4.78, 5) is 11.6. The number of amides is 1. The Balaban J connectivity index is 2.46. The second kappa shape index (κ2) is 2.64. The molecular formula is C10H13N3O. The highest BCUT2D eigenvalue weighted by atomic mass is 16.2. The van der Waals surface area contributed by atoms with Gasteiger partial charge in [-0.2, -0.15) is 0 Å². The van der Waals surface area contributed by atoms with Crippen LogP contribution in [0.2, 0.25) is 0 Å². The molecule has 1 aliphatic heterocycles. The van der Waals surface area contributed by atoms with Crippen molar-refractivity contribution < 1.29 is 4.79 Å². The Hall–Kier alpha value is -1.71. The first-order chi connectivity index (χ1) is 6.49. The lowest BCUT2D eigenvalue weighted by molar-refractivity contribution is -0.119. The predicted octanol–water partition coefficient (Wildman–Crippen LogP) is 1.41. The van der Waals surface area contributed by atoms with Crippen LogP contribution in [0, 0.1) is 0 Å². The van der Waals surface area contributed by atoms with E-state index >= 15 is 0 Å². The molecule has 0 atom stereocenters. The molecule has 14 heavy (non-hydrogen) atoms. The zero-order chi connectivity index (χ0) is 10.3. The summed E-state index contributed by atoms with van der Waals surface area (Å²) < 4.78 is 0. The Morgan fingerprint density at radius 3 is 2.71 bits per heavy atom. The van der Waals surface area contributed by atoms with Crippen LogP contribution in [0.1, 0.15) is 13.8 Å². The highest BCUT2D eigenvalue weighted by Gasteiger charge is 2.32. The Morgan fingerprint density at radius 1 is 1.29 bits per heavy atom. The molecule has 0 saturated heterocycles. The van der Waals surface area contributed by atoms with Gasteiger partial charge < -0.3 is 16.4 Å². The van der Waals surface area contributed by atoms with E-state index in [0.29, 0.717) is 5.69 Å². The number of nitrogen functional groups attached to an aromatic ring is 1. The number of benzene rings is 1. The van der Waals surface area contributed by atoms with Crippen molar-refractivity contribution in [3.63, 3.8) is 0 Å². The molecule has 0 aliphatic carbocycles. The maximum absolute atomic E-state index is 11.6. The first-order valence-corrected chi connectivity index (χ1v) is 4.48. The largest absolute Gasteiger partial charge is 0.399 e. The summed E-state index contributed by atoms with van der Waals surface area (Å²) >= 11 is 0. The molecule has 1 amide bonds. The van der Waals surface area contributed by atoms with Crippen molar-refractivity contribution in [2.45, 2.75) is 19.4 Å². The third-order valence-corrected chi connectivity index (χ3v) is 2.31. The molecule has 0 fully saturated rings. The second-order valence-electron chi connectivity index (χ2n) is 4.01. The van der Waals surface area contributed by atoms with Crippen LogP contribution in [-0.4, -0.2) is 11.4 Å².